The van der Waals surface area contributed by atoms with E-state index in [0.717, 1.165) is 0 Å². The fourth-order valence-electron chi connectivity index (χ4n) is 3.37. The van der Waals surface area contributed by atoms with Gasteiger partial charge in [0.25, 0.3) is 5.91 Å². The number of carbonyl (C=O) groups excluding carboxylic acids is 1. The smallest absolute Gasteiger partial charge is 0.257 e. The number of hydrogen-bond donors (Lipinski definition) is 2. The average Bonchev–Trinajstić information content (AvgIpc) is 3.03. The lowest BCUT2D eigenvalue weighted by Crippen LogP contribution is -2.26. The SMILES string of the molecule is CCOCCCNC(=O)c1c(N)n(-c2ccccc2Cl)c2nc3ccccc3nc12. The van der Waals surface area contributed by atoms with Crippen molar-refractivity contribution in [3.05, 3.63) is 59.1 Å². The van der Waals surface area contributed by atoms with Gasteiger partial charge in [0.05, 0.1) is 21.7 Å². The van der Waals surface area contributed by atoms with E-state index in [4.69, 9.17) is 32.0 Å². The normalized spacial score (nSPS) is 11.3. The maximum Gasteiger partial charge on any atom is 0.257 e. The Bertz CT molecular complexity index is 1220. The average molecular weight is 424 g/mol. The second-order valence-corrected chi connectivity index (χ2v) is 7.15. The van der Waals surface area contributed by atoms with Crippen LogP contribution in [0.5, 0.6) is 0 Å². The quantitative estimate of drug-likeness (QED) is 0.438. The standard InChI is InChI=1S/C22H22ClN5O2/c1-2-30-13-7-12-25-22(29)18-19-21(27-16-10-5-4-9-15(16)26-19)28(20(18)24)17-11-6-3-8-14(17)23/h3-6,8-11H,2,7,12-13,24H2,1H3,(H,25,29). The summed E-state index contributed by atoms with van der Waals surface area (Å²) in [6, 6.07) is 14.8. The molecule has 0 spiro atoms. The highest BCUT2D eigenvalue weighted by atomic mass is 35.5. The summed E-state index contributed by atoms with van der Waals surface area (Å²) in [5.74, 6) is -0.0555. The molecule has 4 rings (SSSR count). The first-order chi connectivity index (χ1) is 14.6. The van der Waals surface area contributed by atoms with E-state index in [9.17, 15) is 4.79 Å². The van der Waals surface area contributed by atoms with Crippen LogP contribution in [0.3, 0.4) is 0 Å². The number of nitrogens with one attached hydrogen (secondary N) is 1. The predicted octanol–water partition coefficient (Wildman–Crippen LogP) is 3.97. The molecule has 154 valence electrons. The number of halogens is 1. The van der Waals surface area contributed by atoms with Crippen LogP contribution in [-0.4, -0.2) is 40.2 Å². The summed E-state index contributed by atoms with van der Waals surface area (Å²) in [6.07, 6.45) is 0.706. The molecule has 0 bridgehead atoms. The van der Waals surface area contributed by atoms with E-state index in [1.165, 1.54) is 0 Å². The molecule has 8 heteroatoms. The van der Waals surface area contributed by atoms with Gasteiger partial charge in [-0.05, 0) is 37.6 Å². The molecule has 30 heavy (non-hydrogen) atoms. The van der Waals surface area contributed by atoms with Crippen LogP contribution in [0.2, 0.25) is 5.02 Å². The molecular weight excluding hydrogens is 402 g/mol. The minimum absolute atomic E-state index is 0.246. The molecule has 3 N–H and O–H groups in total. The van der Waals surface area contributed by atoms with Gasteiger partial charge in [0, 0.05) is 19.8 Å². The molecule has 7 nitrogen and oxygen atoms in total. The number of nitrogens with zero attached hydrogens (tertiary/aromatic N) is 3. The molecule has 4 aromatic rings. The Balaban J connectivity index is 1.85. The topological polar surface area (TPSA) is 95.1 Å². The third-order valence-electron chi connectivity index (χ3n) is 4.77. The van der Waals surface area contributed by atoms with E-state index in [-0.39, 0.29) is 11.7 Å². The van der Waals surface area contributed by atoms with E-state index < -0.39 is 0 Å². The molecule has 0 unspecified atom stereocenters. The fraction of sp³-hybridized carbons (Fsp3) is 0.227. The van der Waals surface area contributed by atoms with Crippen LogP contribution in [0.25, 0.3) is 27.9 Å². The Morgan fingerprint density at radius 3 is 2.57 bits per heavy atom. The van der Waals surface area contributed by atoms with Crippen LogP contribution >= 0.6 is 11.6 Å². The number of carbonyl (C=O) groups is 1. The third kappa shape index (κ3) is 3.69. The van der Waals surface area contributed by atoms with Gasteiger partial charge in [-0.3, -0.25) is 9.36 Å². The minimum Gasteiger partial charge on any atom is -0.384 e. The van der Waals surface area contributed by atoms with Gasteiger partial charge < -0.3 is 15.8 Å². The van der Waals surface area contributed by atoms with Gasteiger partial charge in [0.15, 0.2) is 5.65 Å². The first-order valence-corrected chi connectivity index (χ1v) is 10.2. The van der Waals surface area contributed by atoms with Crippen LogP contribution < -0.4 is 11.1 Å². The third-order valence-corrected chi connectivity index (χ3v) is 5.09. The first-order valence-electron chi connectivity index (χ1n) is 9.79. The molecule has 0 aliphatic carbocycles. The molecule has 2 aromatic carbocycles. The highest BCUT2D eigenvalue weighted by Crippen LogP contribution is 2.33. The van der Waals surface area contributed by atoms with Gasteiger partial charge >= 0.3 is 0 Å². The van der Waals surface area contributed by atoms with Gasteiger partial charge in [-0.15, -0.1) is 0 Å². The minimum atomic E-state index is -0.301. The number of amides is 1. The zero-order valence-corrected chi connectivity index (χ0v) is 17.3. The number of para-hydroxylation sites is 3. The van der Waals surface area contributed by atoms with Gasteiger partial charge in [-0.1, -0.05) is 35.9 Å². The highest BCUT2D eigenvalue weighted by molar-refractivity contribution is 6.32. The van der Waals surface area contributed by atoms with E-state index >= 15 is 0 Å². The van der Waals surface area contributed by atoms with Crippen LogP contribution in [0.15, 0.2) is 48.5 Å². The predicted molar refractivity (Wildman–Crippen MR) is 119 cm³/mol. The Hall–Kier alpha value is -3.16. The number of hydrogen-bond acceptors (Lipinski definition) is 5. The number of fused-ring (bicyclic) bond motifs is 2. The van der Waals surface area contributed by atoms with E-state index in [0.29, 0.717) is 64.7 Å². The van der Waals surface area contributed by atoms with Gasteiger partial charge in [0.2, 0.25) is 0 Å². The lowest BCUT2D eigenvalue weighted by atomic mass is 10.2. The summed E-state index contributed by atoms with van der Waals surface area (Å²) in [5, 5.41) is 3.41. The van der Waals surface area contributed by atoms with Crippen LogP contribution in [0, 0.1) is 0 Å². The van der Waals surface area contributed by atoms with Crippen molar-refractivity contribution in [1.82, 2.24) is 19.9 Å². The molecule has 0 fully saturated rings. The molecule has 2 heterocycles. The number of rotatable bonds is 7. The zero-order chi connectivity index (χ0) is 21.1. The number of aromatic nitrogens is 3. The Kier molecular flexibility index (Phi) is 5.83. The number of anilines is 1. The summed E-state index contributed by atoms with van der Waals surface area (Å²) in [6.45, 7) is 3.64. The molecule has 0 saturated carbocycles. The van der Waals surface area contributed by atoms with Crippen molar-refractivity contribution in [1.29, 1.82) is 0 Å². The van der Waals surface area contributed by atoms with Crippen molar-refractivity contribution in [2.24, 2.45) is 0 Å². The number of benzene rings is 2. The summed E-state index contributed by atoms with van der Waals surface area (Å²) < 4.78 is 7.01. The largest absolute Gasteiger partial charge is 0.384 e. The highest BCUT2D eigenvalue weighted by Gasteiger charge is 2.25. The molecule has 0 saturated heterocycles. The van der Waals surface area contributed by atoms with Gasteiger partial charge in [0.1, 0.15) is 16.9 Å². The van der Waals surface area contributed by atoms with Crippen molar-refractivity contribution >= 4 is 45.5 Å². The second kappa shape index (κ2) is 8.69. The van der Waals surface area contributed by atoms with E-state index in [2.05, 4.69) is 5.32 Å². The lowest BCUT2D eigenvalue weighted by molar-refractivity contribution is 0.0946. The van der Waals surface area contributed by atoms with Crippen LogP contribution in [0.1, 0.15) is 23.7 Å². The molecule has 0 aliphatic heterocycles. The number of nitrogens with two attached hydrogens (primary N) is 1. The molecule has 0 radical (unpaired) electrons. The monoisotopic (exact) mass is 423 g/mol. The number of nitrogen functional groups attached to an aromatic ring is 1. The Labute approximate surface area is 178 Å². The Morgan fingerprint density at radius 1 is 1.13 bits per heavy atom. The Morgan fingerprint density at radius 2 is 1.83 bits per heavy atom. The summed E-state index contributed by atoms with van der Waals surface area (Å²) in [5.41, 5.74) is 9.72. The summed E-state index contributed by atoms with van der Waals surface area (Å²) in [7, 11) is 0. The van der Waals surface area contributed by atoms with Gasteiger partial charge in [-0.25, -0.2) is 9.97 Å². The molecule has 0 aliphatic rings. The van der Waals surface area contributed by atoms with Crippen LogP contribution in [0.4, 0.5) is 5.82 Å². The first kappa shape index (κ1) is 20.1. The molecule has 1 amide bonds. The lowest BCUT2D eigenvalue weighted by Gasteiger charge is -2.10. The maximum atomic E-state index is 13.0. The van der Waals surface area contributed by atoms with Gasteiger partial charge in [-0.2, -0.15) is 0 Å². The summed E-state index contributed by atoms with van der Waals surface area (Å²) in [4.78, 5) is 22.5. The fourth-order valence-corrected chi connectivity index (χ4v) is 3.59. The zero-order valence-electron chi connectivity index (χ0n) is 16.6. The van der Waals surface area contributed by atoms with E-state index in [1.54, 1.807) is 10.6 Å². The van der Waals surface area contributed by atoms with Crippen molar-refractivity contribution in [3.8, 4) is 5.69 Å². The van der Waals surface area contributed by atoms with Crippen molar-refractivity contribution in [3.63, 3.8) is 0 Å². The molecule has 2 aromatic heterocycles. The van der Waals surface area contributed by atoms with Crippen molar-refractivity contribution in [2.75, 3.05) is 25.5 Å². The maximum absolute atomic E-state index is 13.0. The van der Waals surface area contributed by atoms with E-state index in [1.807, 2.05) is 49.4 Å². The number of ether oxygens (including phenoxy) is 1. The molecular formula is C22H22ClN5O2. The van der Waals surface area contributed by atoms with Crippen molar-refractivity contribution in [2.45, 2.75) is 13.3 Å². The summed E-state index contributed by atoms with van der Waals surface area (Å²) >= 11 is 6.43. The second-order valence-electron chi connectivity index (χ2n) is 6.74. The van der Waals surface area contributed by atoms with Crippen molar-refractivity contribution < 1.29 is 9.53 Å². The molecule has 0 atom stereocenters. The van der Waals surface area contributed by atoms with Crippen LogP contribution in [-0.2, 0) is 4.74 Å².